The first-order valence-corrected chi connectivity index (χ1v) is 5.40. The summed E-state index contributed by atoms with van der Waals surface area (Å²) in [4.78, 5) is 10.5. The molecule has 1 N–H and O–H groups in total. The quantitative estimate of drug-likeness (QED) is 0.912. The van der Waals surface area contributed by atoms with E-state index in [4.69, 9.17) is 9.84 Å². The molecule has 0 aromatic heterocycles. The largest absolute Gasteiger partial charge is 0.496 e. The number of allylic oxidation sites excluding steroid dienone is 1. The molecular formula is C13H13F3O3. The van der Waals surface area contributed by atoms with Crippen LogP contribution in [0.5, 0.6) is 5.75 Å². The van der Waals surface area contributed by atoms with E-state index >= 15 is 0 Å². The van der Waals surface area contributed by atoms with Crippen molar-refractivity contribution in [3.63, 3.8) is 0 Å². The van der Waals surface area contributed by atoms with E-state index in [1.54, 1.807) is 6.92 Å². The Morgan fingerprint density at radius 3 is 2.53 bits per heavy atom. The zero-order valence-corrected chi connectivity index (χ0v) is 10.4. The minimum atomic E-state index is -4.44. The standard InChI is InChI=1S/C13H13F3O3/c1-8(3-6-12(17)18)10-5-4-9(13(14,15)16)7-11(10)19-2/h3-5,7H,6H2,1-2H3,(H,17,18)/b8-3+. The van der Waals surface area contributed by atoms with Crippen molar-refractivity contribution in [3.8, 4) is 5.75 Å². The SMILES string of the molecule is COc1cc(C(F)(F)F)ccc1/C(C)=C/CC(=O)O. The predicted molar refractivity (Wildman–Crippen MR) is 63.9 cm³/mol. The van der Waals surface area contributed by atoms with Crippen LogP contribution in [0.25, 0.3) is 5.57 Å². The van der Waals surface area contributed by atoms with Crippen molar-refractivity contribution in [3.05, 3.63) is 35.4 Å². The maximum absolute atomic E-state index is 12.5. The smallest absolute Gasteiger partial charge is 0.416 e. The van der Waals surface area contributed by atoms with E-state index in [9.17, 15) is 18.0 Å². The molecule has 0 fully saturated rings. The number of halogens is 3. The Balaban J connectivity index is 3.16. The van der Waals surface area contributed by atoms with Gasteiger partial charge >= 0.3 is 12.1 Å². The summed E-state index contributed by atoms with van der Waals surface area (Å²) in [6, 6.07) is 3.11. The Morgan fingerprint density at radius 1 is 1.42 bits per heavy atom. The first-order valence-electron chi connectivity index (χ1n) is 5.40. The van der Waals surface area contributed by atoms with Gasteiger partial charge in [0.05, 0.1) is 19.1 Å². The minimum Gasteiger partial charge on any atom is -0.496 e. The average molecular weight is 274 g/mol. The highest BCUT2D eigenvalue weighted by Crippen LogP contribution is 2.35. The molecule has 0 heterocycles. The normalized spacial score (nSPS) is 12.4. The topological polar surface area (TPSA) is 46.5 Å². The highest BCUT2D eigenvalue weighted by atomic mass is 19.4. The molecule has 1 aromatic rings. The fraction of sp³-hybridized carbons (Fsp3) is 0.308. The van der Waals surface area contributed by atoms with Crippen molar-refractivity contribution >= 4 is 11.5 Å². The lowest BCUT2D eigenvalue weighted by Gasteiger charge is -2.13. The van der Waals surface area contributed by atoms with Crippen molar-refractivity contribution in [2.24, 2.45) is 0 Å². The Hall–Kier alpha value is -1.98. The molecule has 0 atom stereocenters. The van der Waals surface area contributed by atoms with Crippen LogP contribution in [0.4, 0.5) is 13.2 Å². The maximum atomic E-state index is 12.5. The molecule has 0 aliphatic rings. The van der Waals surface area contributed by atoms with Crippen molar-refractivity contribution < 1.29 is 27.8 Å². The number of methoxy groups -OCH3 is 1. The summed E-state index contributed by atoms with van der Waals surface area (Å²) >= 11 is 0. The summed E-state index contributed by atoms with van der Waals surface area (Å²) < 4.78 is 42.5. The molecule has 0 saturated carbocycles. The van der Waals surface area contributed by atoms with Crippen LogP contribution in [-0.2, 0) is 11.0 Å². The van der Waals surface area contributed by atoms with Gasteiger partial charge in [-0.15, -0.1) is 0 Å². The Bertz CT molecular complexity index is 504. The number of carbonyl (C=O) groups is 1. The predicted octanol–water partition coefficient (Wildman–Crippen LogP) is 3.59. The number of aliphatic carboxylic acids is 1. The molecule has 0 aliphatic heterocycles. The molecule has 0 radical (unpaired) electrons. The first kappa shape index (κ1) is 15.1. The van der Waals surface area contributed by atoms with E-state index in [1.807, 2.05) is 0 Å². The third-order valence-corrected chi connectivity index (χ3v) is 2.54. The van der Waals surface area contributed by atoms with E-state index in [0.29, 0.717) is 11.1 Å². The lowest BCUT2D eigenvalue weighted by Crippen LogP contribution is -2.05. The van der Waals surface area contributed by atoms with Crippen LogP contribution < -0.4 is 4.74 Å². The number of benzene rings is 1. The fourth-order valence-corrected chi connectivity index (χ4v) is 1.54. The van der Waals surface area contributed by atoms with E-state index in [1.165, 1.54) is 19.3 Å². The van der Waals surface area contributed by atoms with Crippen molar-refractivity contribution in [2.45, 2.75) is 19.5 Å². The minimum absolute atomic E-state index is 0.0639. The fourth-order valence-electron chi connectivity index (χ4n) is 1.54. The molecule has 0 aliphatic carbocycles. The zero-order valence-electron chi connectivity index (χ0n) is 10.4. The zero-order chi connectivity index (χ0) is 14.6. The summed E-state index contributed by atoms with van der Waals surface area (Å²) in [7, 11) is 1.27. The molecule has 3 nitrogen and oxygen atoms in total. The molecular weight excluding hydrogens is 261 g/mol. The third-order valence-electron chi connectivity index (χ3n) is 2.54. The molecule has 0 amide bonds. The van der Waals surface area contributed by atoms with Gasteiger partial charge in [-0.05, 0) is 24.6 Å². The number of rotatable bonds is 4. The number of hydrogen-bond donors (Lipinski definition) is 1. The second-order valence-electron chi connectivity index (χ2n) is 3.90. The molecule has 0 spiro atoms. The second kappa shape index (κ2) is 5.77. The highest BCUT2D eigenvalue weighted by Gasteiger charge is 2.31. The lowest BCUT2D eigenvalue weighted by molar-refractivity contribution is -0.138. The average Bonchev–Trinajstić information content (AvgIpc) is 2.33. The van der Waals surface area contributed by atoms with E-state index in [2.05, 4.69) is 0 Å². The lowest BCUT2D eigenvalue weighted by atomic mass is 10.0. The van der Waals surface area contributed by atoms with Gasteiger partial charge in [-0.1, -0.05) is 12.1 Å². The van der Waals surface area contributed by atoms with Gasteiger partial charge in [0.2, 0.25) is 0 Å². The van der Waals surface area contributed by atoms with Gasteiger partial charge < -0.3 is 9.84 Å². The van der Waals surface area contributed by atoms with Crippen LogP contribution in [0.3, 0.4) is 0 Å². The Labute approximate surface area is 108 Å². The van der Waals surface area contributed by atoms with E-state index in [-0.39, 0.29) is 12.2 Å². The highest BCUT2D eigenvalue weighted by molar-refractivity contribution is 5.75. The Morgan fingerprint density at radius 2 is 2.05 bits per heavy atom. The monoisotopic (exact) mass is 274 g/mol. The summed E-state index contributed by atoms with van der Waals surface area (Å²) in [6.07, 6.45) is -3.21. The van der Waals surface area contributed by atoms with Gasteiger partial charge in [-0.25, -0.2) is 0 Å². The third kappa shape index (κ3) is 4.01. The second-order valence-corrected chi connectivity index (χ2v) is 3.90. The number of ether oxygens (including phenoxy) is 1. The van der Waals surface area contributed by atoms with Crippen LogP contribution in [0.1, 0.15) is 24.5 Å². The number of alkyl halides is 3. The van der Waals surface area contributed by atoms with E-state index < -0.39 is 17.7 Å². The molecule has 6 heteroatoms. The number of carboxylic acids is 1. The van der Waals surface area contributed by atoms with Crippen molar-refractivity contribution in [1.82, 2.24) is 0 Å². The van der Waals surface area contributed by atoms with Crippen LogP contribution >= 0.6 is 0 Å². The molecule has 104 valence electrons. The molecule has 0 saturated heterocycles. The van der Waals surface area contributed by atoms with Gasteiger partial charge in [-0.3, -0.25) is 4.79 Å². The first-order chi connectivity index (χ1) is 8.75. The van der Waals surface area contributed by atoms with Gasteiger partial charge in [0.1, 0.15) is 5.75 Å². The van der Waals surface area contributed by atoms with Gasteiger partial charge in [0.25, 0.3) is 0 Å². The summed E-state index contributed by atoms with van der Waals surface area (Å²) in [6.45, 7) is 1.62. The summed E-state index contributed by atoms with van der Waals surface area (Å²) in [5, 5.41) is 8.56. The van der Waals surface area contributed by atoms with Crippen LogP contribution in [0.15, 0.2) is 24.3 Å². The van der Waals surface area contributed by atoms with Crippen LogP contribution in [0, 0.1) is 0 Å². The molecule has 1 aromatic carbocycles. The molecule has 0 unspecified atom stereocenters. The van der Waals surface area contributed by atoms with E-state index in [0.717, 1.165) is 12.1 Å². The van der Waals surface area contributed by atoms with Gasteiger partial charge in [0.15, 0.2) is 0 Å². The Kier molecular flexibility index (Phi) is 4.58. The maximum Gasteiger partial charge on any atom is 0.416 e. The number of hydrogen-bond acceptors (Lipinski definition) is 2. The molecule has 19 heavy (non-hydrogen) atoms. The van der Waals surface area contributed by atoms with Crippen LogP contribution in [-0.4, -0.2) is 18.2 Å². The van der Waals surface area contributed by atoms with Gasteiger partial charge in [0, 0.05) is 5.56 Å². The molecule has 1 rings (SSSR count). The van der Waals surface area contributed by atoms with Crippen molar-refractivity contribution in [1.29, 1.82) is 0 Å². The van der Waals surface area contributed by atoms with Gasteiger partial charge in [-0.2, -0.15) is 13.2 Å². The summed E-state index contributed by atoms with van der Waals surface area (Å²) in [5.74, 6) is -0.945. The molecule has 0 bridgehead atoms. The van der Waals surface area contributed by atoms with Crippen molar-refractivity contribution in [2.75, 3.05) is 7.11 Å². The number of carboxylic acid groups (broad SMARTS) is 1. The van der Waals surface area contributed by atoms with Crippen LogP contribution in [0.2, 0.25) is 0 Å². The summed E-state index contributed by atoms with van der Waals surface area (Å²) in [5.41, 5.74) is 0.184.